The van der Waals surface area contributed by atoms with Gasteiger partial charge >= 0.3 is 0 Å². The van der Waals surface area contributed by atoms with Crippen LogP contribution in [-0.4, -0.2) is 29.0 Å². The lowest BCUT2D eigenvalue weighted by Crippen LogP contribution is -2.22. The molecule has 16 heavy (non-hydrogen) atoms. The van der Waals surface area contributed by atoms with Crippen LogP contribution < -0.4 is 4.74 Å². The van der Waals surface area contributed by atoms with Gasteiger partial charge in [-0.3, -0.25) is 0 Å². The van der Waals surface area contributed by atoms with Crippen LogP contribution in [0.5, 0.6) is 5.88 Å². The highest BCUT2D eigenvalue weighted by atomic mass is 16.5. The molecule has 0 atom stereocenters. The maximum Gasteiger partial charge on any atom is 0.251 e. The molecular weight excluding hydrogens is 206 g/mol. The van der Waals surface area contributed by atoms with Crippen molar-refractivity contribution in [2.24, 2.45) is 0 Å². The Labute approximate surface area is 95.0 Å². The number of nitriles is 1. The molecule has 0 amide bonds. The van der Waals surface area contributed by atoms with Crippen LogP contribution in [0.1, 0.15) is 26.3 Å². The zero-order valence-electron chi connectivity index (χ0n) is 9.73. The second-order valence-electron chi connectivity index (χ2n) is 4.17. The lowest BCUT2D eigenvalue weighted by molar-refractivity contribution is -0.0169. The zero-order valence-corrected chi connectivity index (χ0v) is 9.73. The minimum absolute atomic E-state index is 0.191. The zero-order chi connectivity index (χ0) is 12.0. The van der Waals surface area contributed by atoms with Crippen LogP contribution in [0.2, 0.25) is 0 Å². The topological polar surface area (TPSA) is 68.0 Å². The first-order chi connectivity index (χ1) is 7.53. The highest BCUT2D eigenvalue weighted by molar-refractivity contribution is 5.35. The normalized spacial score (nSPS) is 10.9. The summed E-state index contributed by atoms with van der Waals surface area (Å²) in [6.07, 6.45) is 1.46. The van der Waals surface area contributed by atoms with Crippen LogP contribution in [0.3, 0.4) is 0 Å². The second-order valence-corrected chi connectivity index (χ2v) is 4.17. The molecule has 5 heteroatoms. The summed E-state index contributed by atoms with van der Waals surface area (Å²) in [6, 6.07) is 3.55. The van der Waals surface area contributed by atoms with E-state index in [9.17, 15) is 0 Å². The Hall–Kier alpha value is -1.67. The van der Waals surface area contributed by atoms with E-state index in [-0.39, 0.29) is 11.5 Å². The summed E-state index contributed by atoms with van der Waals surface area (Å²) >= 11 is 0. The fraction of sp³-hybridized carbons (Fsp3) is 0.545. The summed E-state index contributed by atoms with van der Waals surface area (Å²) < 4.78 is 10.8. The molecule has 0 saturated carbocycles. The third-order valence-corrected chi connectivity index (χ3v) is 1.66. The van der Waals surface area contributed by atoms with Crippen molar-refractivity contribution in [3.8, 4) is 11.9 Å². The molecule has 0 bridgehead atoms. The second kappa shape index (κ2) is 5.42. The Morgan fingerprint density at radius 3 is 2.75 bits per heavy atom. The van der Waals surface area contributed by atoms with E-state index in [4.69, 9.17) is 14.7 Å². The molecule has 1 rings (SSSR count). The first-order valence-corrected chi connectivity index (χ1v) is 5.01. The Morgan fingerprint density at radius 1 is 1.38 bits per heavy atom. The van der Waals surface area contributed by atoms with Crippen molar-refractivity contribution in [1.82, 2.24) is 10.2 Å². The predicted molar refractivity (Wildman–Crippen MR) is 57.9 cm³/mol. The van der Waals surface area contributed by atoms with E-state index in [1.807, 2.05) is 26.8 Å². The van der Waals surface area contributed by atoms with E-state index in [2.05, 4.69) is 10.2 Å². The van der Waals surface area contributed by atoms with E-state index >= 15 is 0 Å². The maximum atomic E-state index is 8.78. The molecule has 0 aliphatic rings. The quantitative estimate of drug-likeness (QED) is 0.721. The van der Waals surface area contributed by atoms with Gasteiger partial charge in [0.2, 0.25) is 0 Å². The van der Waals surface area contributed by atoms with Gasteiger partial charge in [-0.25, -0.2) is 0 Å². The van der Waals surface area contributed by atoms with Gasteiger partial charge in [0, 0.05) is 0 Å². The Balaban J connectivity index is 2.41. The van der Waals surface area contributed by atoms with Crippen molar-refractivity contribution in [1.29, 1.82) is 5.26 Å². The lowest BCUT2D eigenvalue weighted by atomic mass is 10.2. The van der Waals surface area contributed by atoms with Crippen molar-refractivity contribution in [3.63, 3.8) is 0 Å². The molecule has 1 aromatic heterocycles. The van der Waals surface area contributed by atoms with E-state index in [1.165, 1.54) is 6.20 Å². The molecule has 0 fully saturated rings. The molecule has 1 aromatic rings. The largest absolute Gasteiger partial charge is 0.473 e. The minimum Gasteiger partial charge on any atom is -0.473 e. The van der Waals surface area contributed by atoms with Gasteiger partial charge in [0.1, 0.15) is 18.2 Å². The van der Waals surface area contributed by atoms with E-state index in [1.54, 1.807) is 6.07 Å². The molecule has 5 nitrogen and oxygen atoms in total. The molecule has 0 unspecified atom stereocenters. The van der Waals surface area contributed by atoms with Crippen LogP contribution in [0.25, 0.3) is 0 Å². The maximum absolute atomic E-state index is 8.78. The van der Waals surface area contributed by atoms with Crippen molar-refractivity contribution in [2.45, 2.75) is 26.4 Å². The standard InChI is InChI=1S/C11H15N3O2/c1-11(2,3)16-7-6-15-10-9(8-12)4-5-13-14-10/h4-5H,6-7H2,1-3H3. The van der Waals surface area contributed by atoms with Crippen LogP contribution in [-0.2, 0) is 4.74 Å². The van der Waals surface area contributed by atoms with Gasteiger partial charge in [-0.2, -0.15) is 10.4 Å². The van der Waals surface area contributed by atoms with Gasteiger partial charge in [-0.05, 0) is 26.8 Å². The molecular formula is C11H15N3O2. The van der Waals surface area contributed by atoms with Crippen molar-refractivity contribution < 1.29 is 9.47 Å². The number of rotatable bonds is 4. The molecule has 0 aliphatic heterocycles. The van der Waals surface area contributed by atoms with Crippen molar-refractivity contribution in [3.05, 3.63) is 17.8 Å². The van der Waals surface area contributed by atoms with Gasteiger partial charge in [0.25, 0.3) is 5.88 Å². The highest BCUT2D eigenvalue weighted by Crippen LogP contribution is 2.11. The summed E-state index contributed by atoms with van der Waals surface area (Å²) in [5.41, 5.74) is 0.190. The molecule has 0 N–H and O–H groups in total. The number of ether oxygens (including phenoxy) is 2. The fourth-order valence-corrected chi connectivity index (χ4v) is 0.997. The third-order valence-electron chi connectivity index (χ3n) is 1.66. The molecule has 0 aromatic carbocycles. The summed E-state index contributed by atoms with van der Waals surface area (Å²) in [5, 5.41) is 16.2. The molecule has 1 heterocycles. The summed E-state index contributed by atoms with van der Waals surface area (Å²) in [6.45, 7) is 6.71. The van der Waals surface area contributed by atoms with Crippen LogP contribution >= 0.6 is 0 Å². The number of hydrogen-bond acceptors (Lipinski definition) is 5. The summed E-state index contributed by atoms with van der Waals surface area (Å²) in [4.78, 5) is 0. The first-order valence-electron chi connectivity index (χ1n) is 5.01. The Kier molecular flexibility index (Phi) is 4.20. The number of hydrogen-bond donors (Lipinski definition) is 0. The molecule has 0 aliphatic carbocycles. The summed E-state index contributed by atoms with van der Waals surface area (Å²) in [7, 11) is 0. The van der Waals surface area contributed by atoms with Crippen molar-refractivity contribution >= 4 is 0 Å². The van der Waals surface area contributed by atoms with Gasteiger partial charge in [0.05, 0.1) is 18.4 Å². The Bertz CT molecular complexity index is 380. The van der Waals surface area contributed by atoms with Gasteiger partial charge in [0.15, 0.2) is 0 Å². The molecule has 0 radical (unpaired) electrons. The first kappa shape index (κ1) is 12.4. The van der Waals surface area contributed by atoms with Gasteiger partial charge in [-0.1, -0.05) is 0 Å². The average molecular weight is 221 g/mol. The van der Waals surface area contributed by atoms with E-state index in [0.29, 0.717) is 18.8 Å². The SMILES string of the molecule is CC(C)(C)OCCOc1nnccc1C#N. The van der Waals surface area contributed by atoms with Gasteiger partial charge in [-0.15, -0.1) is 5.10 Å². The van der Waals surface area contributed by atoms with Gasteiger partial charge < -0.3 is 9.47 Å². The predicted octanol–water partition coefficient (Wildman–Crippen LogP) is 1.54. The van der Waals surface area contributed by atoms with E-state index < -0.39 is 0 Å². The lowest BCUT2D eigenvalue weighted by Gasteiger charge is -2.19. The molecule has 86 valence electrons. The molecule has 0 saturated heterocycles. The fourth-order valence-electron chi connectivity index (χ4n) is 0.997. The molecule has 0 spiro atoms. The smallest absolute Gasteiger partial charge is 0.251 e. The average Bonchev–Trinajstić information content (AvgIpc) is 2.23. The van der Waals surface area contributed by atoms with Crippen LogP contribution in [0, 0.1) is 11.3 Å². The van der Waals surface area contributed by atoms with Crippen LogP contribution in [0.15, 0.2) is 12.3 Å². The van der Waals surface area contributed by atoms with Crippen molar-refractivity contribution in [2.75, 3.05) is 13.2 Å². The van der Waals surface area contributed by atoms with E-state index in [0.717, 1.165) is 0 Å². The number of nitrogens with zero attached hydrogens (tertiary/aromatic N) is 3. The Morgan fingerprint density at radius 2 is 2.12 bits per heavy atom. The number of aromatic nitrogens is 2. The highest BCUT2D eigenvalue weighted by Gasteiger charge is 2.10. The minimum atomic E-state index is -0.191. The summed E-state index contributed by atoms with van der Waals surface area (Å²) in [5.74, 6) is 0.252. The third kappa shape index (κ3) is 4.24. The van der Waals surface area contributed by atoms with Crippen LogP contribution in [0.4, 0.5) is 0 Å². The monoisotopic (exact) mass is 221 g/mol.